The van der Waals surface area contributed by atoms with E-state index < -0.39 is 0 Å². The zero-order chi connectivity index (χ0) is 17.6. The van der Waals surface area contributed by atoms with Crippen LogP contribution in [0.3, 0.4) is 0 Å². The molecule has 0 atom stereocenters. The molecule has 0 bridgehead atoms. The summed E-state index contributed by atoms with van der Waals surface area (Å²) in [7, 11) is 0. The molecular weight excluding hydrogens is 312 g/mol. The maximum Gasteiger partial charge on any atom is 0.320 e. The van der Waals surface area contributed by atoms with Gasteiger partial charge in [0.2, 0.25) is 0 Å². The Morgan fingerprint density at radius 3 is 1.52 bits per heavy atom. The number of nitrogens with zero attached hydrogens (tertiary/aromatic N) is 4. The lowest BCUT2D eigenvalue weighted by atomic mass is 10.1. The van der Waals surface area contributed by atoms with Gasteiger partial charge in [-0.05, 0) is 41.8 Å². The molecule has 1 aliphatic heterocycles. The lowest BCUT2D eigenvalue weighted by molar-refractivity contribution is 0.123. The van der Waals surface area contributed by atoms with Crippen molar-refractivity contribution in [1.29, 1.82) is 10.5 Å². The van der Waals surface area contributed by atoms with Gasteiger partial charge < -0.3 is 9.80 Å². The molecule has 1 aliphatic rings. The normalized spacial score (nSPS) is 14.1. The summed E-state index contributed by atoms with van der Waals surface area (Å²) in [4.78, 5) is 16.4. The molecular formula is C20H18N4O. The summed E-state index contributed by atoms with van der Waals surface area (Å²) in [5, 5.41) is 17.7. The third-order valence-electron chi connectivity index (χ3n) is 4.31. The van der Waals surface area contributed by atoms with Crippen LogP contribution in [0.1, 0.15) is 28.7 Å². The molecule has 0 radical (unpaired) electrons. The number of amides is 2. The maximum atomic E-state index is 12.7. The van der Waals surface area contributed by atoms with Crippen molar-refractivity contribution in [1.82, 2.24) is 9.80 Å². The van der Waals surface area contributed by atoms with Crippen molar-refractivity contribution >= 4 is 6.03 Å². The average molecular weight is 330 g/mol. The lowest BCUT2D eigenvalue weighted by Gasteiger charge is -2.35. The molecule has 0 aliphatic carbocycles. The number of urea groups is 1. The van der Waals surface area contributed by atoms with Gasteiger partial charge in [0.15, 0.2) is 0 Å². The summed E-state index contributed by atoms with van der Waals surface area (Å²) in [6.45, 7) is 2.58. The van der Waals surface area contributed by atoms with Gasteiger partial charge in [0, 0.05) is 26.2 Å². The van der Waals surface area contributed by atoms with Crippen molar-refractivity contribution in [2.75, 3.05) is 13.1 Å². The van der Waals surface area contributed by atoms with Crippen LogP contribution in [0.25, 0.3) is 0 Å². The van der Waals surface area contributed by atoms with E-state index in [0.29, 0.717) is 24.2 Å². The topological polar surface area (TPSA) is 71.1 Å². The van der Waals surface area contributed by atoms with Gasteiger partial charge in [0.05, 0.1) is 23.3 Å². The highest BCUT2D eigenvalue weighted by molar-refractivity contribution is 5.75. The molecule has 5 heteroatoms. The number of rotatable bonds is 4. The second-order valence-corrected chi connectivity index (χ2v) is 6.10. The molecule has 124 valence electrons. The van der Waals surface area contributed by atoms with Gasteiger partial charge in [0.1, 0.15) is 0 Å². The largest absolute Gasteiger partial charge is 0.320 e. The molecule has 1 heterocycles. The van der Waals surface area contributed by atoms with E-state index in [9.17, 15) is 4.79 Å². The summed E-state index contributed by atoms with van der Waals surface area (Å²) >= 11 is 0. The van der Waals surface area contributed by atoms with E-state index in [0.717, 1.165) is 30.6 Å². The monoisotopic (exact) mass is 330 g/mol. The molecule has 5 nitrogen and oxygen atoms in total. The van der Waals surface area contributed by atoms with Crippen molar-refractivity contribution in [3.8, 4) is 12.1 Å². The smallest absolute Gasteiger partial charge is 0.320 e. The van der Waals surface area contributed by atoms with E-state index in [1.165, 1.54) is 0 Å². The minimum absolute atomic E-state index is 0.0277. The first-order valence-electron chi connectivity index (χ1n) is 8.21. The molecule has 2 aromatic carbocycles. The van der Waals surface area contributed by atoms with E-state index in [2.05, 4.69) is 12.1 Å². The molecule has 0 aromatic heterocycles. The van der Waals surface area contributed by atoms with E-state index >= 15 is 0 Å². The molecule has 0 unspecified atom stereocenters. The highest BCUT2D eigenvalue weighted by Crippen LogP contribution is 2.17. The summed E-state index contributed by atoms with van der Waals surface area (Å²) in [6.07, 6.45) is 0.929. The van der Waals surface area contributed by atoms with Crippen LogP contribution in [0, 0.1) is 22.7 Å². The summed E-state index contributed by atoms with van der Waals surface area (Å²) in [5.74, 6) is 0. The number of hydrogen-bond donors (Lipinski definition) is 0. The molecule has 1 fully saturated rings. The molecule has 0 saturated carbocycles. The van der Waals surface area contributed by atoms with Crippen molar-refractivity contribution in [2.45, 2.75) is 19.5 Å². The van der Waals surface area contributed by atoms with Crippen molar-refractivity contribution in [3.63, 3.8) is 0 Å². The van der Waals surface area contributed by atoms with Gasteiger partial charge in [0.25, 0.3) is 0 Å². The quantitative estimate of drug-likeness (QED) is 0.864. The third-order valence-corrected chi connectivity index (χ3v) is 4.31. The van der Waals surface area contributed by atoms with Crippen LogP contribution in [0.4, 0.5) is 4.79 Å². The van der Waals surface area contributed by atoms with Crippen LogP contribution in [-0.2, 0) is 13.1 Å². The van der Waals surface area contributed by atoms with E-state index in [1.807, 2.05) is 34.1 Å². The number of carbonyl (C=O) groups is 1. The zero-order valence-electron chi connectivity index (χ0n) is 13.9. The van der Waals surface area contributed by atoms with Crippen molar-refractivity contribution < 1.29 is 4.79 Å². The summed E-state index contributed by atoms with van der Waals surface area (Å²) in [6, 6.07) is 18.9. The Labute approximate surface area is 147 Å². The molecule has 0 N–H and O–H groups in total. The second-order valence-electron chi connectivity index (χ2n) is 6.10. The van der Waals surface area contributed by atoms with Gasteiger partial charge in [-0.15, -0.1) is 0 Å². The molecule has 25 heavy (non-hydrogen) atoms. The molecule has 3 rings (SSSR count). The zero-order valence-corrected chi connectivity index (χ0v) is 13.9. The van der Waals surface area contributed by atoms with E-state index in [4.69, 9.17) is 10.5 Å². The number of hydrogen-bond acceptors (Lipinski definition) is 3. The minimum Gasteiger partial charge on any atom is -0.320 e. The van der Waals surface area contributed by atoms with Gasteiger partial charge in [-0.25, -0.2) is 4.79 Å². The van der Waals surface area contributed by atoms with Crippen molar-refractivity contribution in [2.24, 2.45) is 0 Å². The Morgan fingerprint density at radius 1 is 0.760 bits per heavy atom. The molecule has 0 spiro atoms. The summed E-state index contributed by atoms with van der Waals surface area (Å²) in [5.41, 5.74) is 3.28. The Hall–Kier alpha value is -3.31. The van der Waals surface area contributed by atoms with Gasteiger partial charge in [-0.1, -0.05) is 24.3 Å². The Kier molecular flexibility index (Phi) is 4.97. The standard InChI is InChI=1S/C20H18N4O/c21-12-16-2-6-18(7-3-16)14-23-10-1-11-24(20(23)25)15-19-8-4-17(13-22)5-9-19/h2-9H,1,10-11,14-15H2. The van der Waals surface area contributed by atoms with Crippen LogP contribution in [0.5, 0.6) is 0 Å². The Bertz CT molecular complexity index is 758. The van der Waals surface area contributed by atoms with Crippen molar-refractivity contribution in [3.05, 3.63) is 70.8 Å². The number of benzene rings is 2. The Morgan fingerprint density at radius 2 is 1.16 bits per heavy atom. The first-order chi connectivity index (χ1) is 12.2. The number of nitriles is 2. The highest BCUT2D eigenvalue weighted by Gasteiger charge is 2.25. The van der Waals surface area contributed by atoms with Crippen LogP contribution in [0.15, 0.2) is 48.5 Å². The minimum atomic E-state index is 0.0277. The SMILES string of the molecule is N#Cc1ccc(CN2CCCN(Cc3ccc(C#N)cc3)C2=O)cc1. The van der Waals surface area contributed by atoms with Gasteiger partial charge in [-0.2, -0.15) is 10.5 Å². The second kappa shape index (κ2) is 7.51. The van der Waals surface area contributed by atoms with Crippen LogP contribution < -0.4 is 0 Å². The fourth-order valence-electron chi connectivity index (χ4n) is 2.95. The first-order valence-corrected chi connectivity index (χ1v) is 8.21. The Balaban J connectivity index is 1.65. The fourth-order valence-corrected chi connectivity index (χ4v) is 2.95. The average Bonchev–Trinajstić information content (AvgIpc) is 2.66. The van der Waals surface area contributed by atoms with Crippen LogP contribution in [0.2, 0.25) is 0 Å². The van der Waals surface area contributed by atoms with Gasteiger partial charge >= 0.3 is 6.03 Å². The summed E-state index contributed by atoms with van der Waals surface area (Å²) < 4.78 is 0. The lowest BCUT2D eigenvalue weighted by Crippen LogP contribution is -2.48. The fraction of sp³-hybridized carbons (Fsp3) is 0.250. The predicted octanol–water partition coefficient (Wildman–Crippen LogP) is 3.26. The third kappa shape index (κ3) is 3.97. The van der Waals surface area contributed by atoms with E-state index in [-0.39, 0.29) is 6.03 Å². The highest BCUT2D eigenvalue weighted by atomic mass is 16.2. The maximum absolute atomic E-state index is 12.7. The predicted molar refractivity (Wildman–Crippen MR) is 93.1 cm³/mol. The number of carbonyl (C=O) groups excluding carboxylic acids is 1. The first kappa shape index (κ1) is 16.5. The van der Waals surface area contributed by atoms with Crippen LogP contribution >= 0.6 is 0 Å². The molecule has 2 amide bonds. The van der Waals surface area contributed by atoms with E-state index in [1.54, 1.807) is 24.3 Å². The van der Waals surface area contributed by atoms with Crippen LogP contribution in [-0.4, -0.2) is 28.9 Å². The van der Waals surface area contributed by atoms with Gasteiger partial charge in [-0.3, -0.25) is 0 Å². The molecule has 1 saturated heterocycles. The molecule has 2 aromatic rings.